The summed E-state index contributed by atoms with van der Waals surface area (Å²) in [6, 6.07) is 7.68. The molecular formula is C14H20ClN3O. The Morgan fingerprint density at radius 3 is 2.84 bits per heavy atom. The number of rotatable bonds is 4. The van der Waals surface area contributed by atoms with E-state index in [0.29, 0.717) is 23.5 Å². The number of aliphatic imine (C=N–C) groups is 1. The summed E-state index contributed by atoms with van der Waals surface area (Å²) in [5, 5.41) is 0.656. The first-order valence-corrected chi connectivity index (χ1v) is 7.07. The molecule has 2 rings (SSSR count). The van der Waals surface area contributed by atoms with Crippen LogP contribution in [0.4, 0.5) is 0 Å². The molecule has 0 atom stereocenters. The van der Waals surface area contributed by atoms with Gasteiger partial charge in [-0.05, 0) is 31.0 Å². The summed E-state index contributed by atoms with van der Waals surface area (Å²) in [6.45, 7) is 0.341. The fourth-order valence-corrected chi connectivity index (χ4v) is 2.44. The van der Waals surface area contributed by atoms with Crippen LogP contribution in [0.25, 0.3) is 0 Å². The molecule has 0 heterocycles. The Morgan fingerprint density at radius 1 is 1.37 bits per heavy atom. The van der Waals surface area contributed by atoms with Crippen molar-refractivity contribution in [2.45, 2.75) is 38.1 Å². The molecule has 5 heteroatoms. The van der Waals surface area contributed by atoms with Crippen LogP contribution in [-0.4, -0.2) is 18.5 Å². The van der Waals surface area contributed by atoms with Gasteiger partial charge in [0.2, 0.25) is 0 Å². The average molecular weight is 282 g/mol. The molecule has 0 bridgehead atoms. The molecule has 1 aliphatic rings. The maximum Gasteiger partial charge on any atom is 0.149 e. The summed E-state index contributed by atoms with van der Waals surface area (Å²) < 4.78 is 5.62. The van der Waals surface area contributed by atoms with Crippen LogP contribution in [-0.2, 0) is 0 Å². The van der Waals surface area contributed by atoms with Crippen LogP contribution >= 0.6 is 11.6 Å². The van der Waals surface area contributed by atoms with Crippen molar-refractivity contribution < 1.29 is 4.74 Å². The summed E-state index contributed by atoms with van der Waals surface area (Å²) in [4.78, 5) is 4.61. The number of hydrogen-bond acceptors (Lipinski definition) is 3. The number of nitrogens with zero attached hydrogens (tertiary/aromatic N) is 1. The second kappa shape index (κ2) is 7.36. The first kappa shape index (κ1) is 14.2. The van der Waals surface area contributed by atoms with Crippen LogP contribution < -0.4 is 16.0 Å². The first-order valence-electron chi connectivity index (χ1n) is 6.69. The first-order chi connectivity index (χ1) is 9.28. The largest absolute Gasteiger partial charge is 0.486 e. The summed E-state index contributed by atoms with van der Waals surface area (Å²) in [5.74, 6) is 6.91. The molecule has 0 aliphatic heterocycles. The molecule has 0 unspecified atom stereocenters. The van der Waals surface area contributed by atoms with E-state index < -0.39 is 0 Å². The average Bonchev–Trinajstić information content (AvgIpc) is 2.44. The smallest absolute Gasteiger partial charge is 0.149 e. The SMILES string of the molecule is NNC(COc1cccc(Cl)c1)=NC1CCCCC1. The van der Waals surface area contributed by atoms with Crippen molar-refractivity contribution in [3.63, 3.8) is 0 Å². The van der Waals surface area contributed by atoms with E-state index in [0.717, 1.165) is 18.6 Å². The van der Waals surface area contributed by atoms with Gasteiger partial charge in [-0.3, -0.25) is 4.99 Å². The topological polar surface area (TPSA) is 59.6 Å². The number of hydrazine groups is 1. The van der Waals surface area contributed by atoms with Gasteiger partial charge >= 0.3 is 0 Å². The fraction of sp³-hybridized carbons (Fsp3) is 0.500. The van der Waals surface area contributed by atoms with Crippen LogP contribution in [0, 0.1) is 0 Å². The molecule has 1 aliphatic carbocycles. The lowest BCUT2D eigenvalue weighted by Gasteiger charge is -2.19. The van der Waals surface area contributed by atoms with Gasteiger partial charge in [0.25, 0.3) is 0 Å². The van der Waals surface area contributed by atoms with E-state index in [1.165, 1.54) is 19.3 Å². The molecule has 0 saturated heterocycles. The van der Waals surface area contributed by atoms with Gasteiger partial charge in [-0.25, -0.2) is 5.84 Å². The highest BCUT2D eigenvalue weighted by Gasteiger charge is 2.13. The number of ether oxygens (including phenoxy) is 1. The summed E-state index contributed by atoms with van der Waals surface area (Å²) in [7, 11) is 0. The fourth-order valence-electron chi connectivity index (χ4n) is 2.26. The summed E-state index contributed by atoms with van der Waals surface area (Å²) >= 11 is 5.90. The Morgan fingerprint density at radius 2 is 2.16 bits per heavy atom. The monoisotopic (exact) mass is 281 g/mol. The van der Waals surface area contributed by atoms with Crippen LogP contribution in [0.15, 0.2) is 29.3 Å². The minimum Gasteiger partial charge on any atom is -0.486 e. The van der Waals surface area contributed by atoms with Gasteiger partial charge in [0, 0.05) is 5.02 Å². The lowest BCUT2D eigenvalue weighted by atomic mass is 9.96. The molecule has 1 aromatic rings. The quantitative estimate of drug-likeness (QED) is 0.386. The molecule has 3 N–H and O–H groups in total. The van der Waals surface area contributed by atoms with E-state index >= 15 is 0 Å². The Balaban J connectivity index is 1.89. The molecule has 0 radical (unpaired) electrons. The molecule has 19 heavy (non-hydrogen) atoms. The summed E-state index contributed by atoms with van der Waals surface area (Å²) in [5.41, 5.74) is 2.63. The third-order valence-corrected chi connectivity index (χ3v) is 3.49. The third-order valence-electron chi connectivity index (χ3n) is 3.25. The van der Waals surface area contributed by atoms with Crippen molar-refractivity contribution in [3.8, 4) is 5.75 Å². The molecular weight excluding hydrogens is 262 g/mol. The lowest BCUT2D eigenvalue weighted by molar-refractivity contribution is 0.368. The third kappa shape index (κ3) is 4.73. The maximum atomic E-state index is 5.90. The van der Waals surface area contributed by atoms with Gasteiger partial charge in [0.15, 0.2) is 0 Å². The number of nitrogens with two attached hydrogens (primary N) is 1. The lowest BCUT2D eigenvalue weighted by Crippen LogP contribution is -2.36. The van der Waals surface area contributed by atoms with E-state index in [-0.39, 0.29) is 0 Å². The van der Waals surface area contributed by atoms with Crippen molar-refractivity contribution in [1.82, 2.24) is 5.43 Å². The highest BCUT2D eigenvalue weighted by atomic mass is 35.5. The Kier molecular flexibility index (Phi) is 5.48. The van der Waals surface area contributed by atoms with E-state index in [1.54, 1.807) is 6.07 Å². The molecule has 104 valence electrons. The molecule has 1 saturated carbocycles. The van der Waals surface area contributed by atoms with Crippen LogP contribution in [0.1, 0.15) is 32.1 Å². The second-order valence-corrected chi connectivity index (χ2v) is 5.19. The Hall–Kier alpha value is -1.26. The van der Waals surface area contributed by atoms with Gasteiger partial charge in [0.1, 0.15) is 18.2 Å². The molecule has 0 amide bonds. The van der Waals surface area contributed by atoms with Gasteiger partial charge in [0.05, 0.1) is 6.04 Å². The zero-order chi connectivity index (χ0) is 13.5. The zero-order valence-electron chi connectivity index (χ0n) is 10.9. The van der Waals surface area contributed by atoms with Gasteiger partial charge in [-0.2, -0.15) is 0 Å². The molecule has 4 nitrogen and oxygen atoms in total. The number of halogens is 1. The highest BCUT2D eigenvalue weighted by Crippen LogP contribution is 2.20. The minimum absolute atomic E-state index is 0.341. The summed E-state index contributed by atoms with van der Waals surface area (Å²) in [6.07, 6.45) is 6.10. The van der Waals surface area contributed by atoms with Gasteiger partial charge in [-0.15, -0.1) is 0 Å². The second-order valence-electron chi connectivity index (χ2n) is 4.76. The zero-order valence-corrected chi connectivity index (χ0v) is 11.7. The van der Waals surface area contributed by atoms with Crippen molar-refractivity contribution in [1.29, 1.82) is 0 Å². The standard InChI is InChI=1S/C14H20ClN3O/c15-11-5-4-8-13(9-11)19-10-14(18-16)17-12-6-2-1-3-7-12/h4-5,8-9,12H,1-3,6-7,10,16H2,(H,17,18). The maximum absolute atomic E-state index is 5.90. The Labute approximate surface area is 119 Å². The molecule has 1 fully saturated rings. The predicted octanol–water partition coefficient (Wildman–Crippen LogP) is 2.91. The minimum atomic E-state index is 0.341. The van der Waals surface area contributed by atoms with E-state index in [2.05, 4.69) is 10.4 Å². The molecule has 0 aromatic heterocycles. The predicted molar refractivity (Wildman–Crippen MR) is 78.6 cm³/mol. The van der Waals surface area contributed by atoms with E-state index in [4.69, 9.17) is 22.2 Å². The van der Waals surface area contributed by atoms with Gasteiger partial charge in [-0.1, -0.05) is 36.9 Å². The van der Waals surface area contributed by atoms with Crippen molar-refractivity contribution in [3.05, 3.63) is 29.3 Å². The van der Waals surface area contributed by atoms with Crippen molar-refractivity contribution >= 4 is 17.4 Å². The number of nitrogens with one attached hydrogen (secondary N) is 1. The number of benzene rings is 1. The van der Waals surface area contributed by atoms with Crippen molar-refractivity contribution in [2.75, 3.05) is 6.61 Å². The highest BCUT2D eigenvalue weighted by molar-refractivity contribution is 6.30. The Bertz CT molecular complexity index is 430. The van der Waals surface area contributed by atoms with E-state index in [1.807, 2.05) is 18.2 Å². The van der Waals surface area contributed by atoms with Gasteiger partial charge < -0.3 is 10.2 Å². The van der Waals surface area contributed by atoms with E-state index in [9.17, 15) is 0 Å². The number of hydrogen-bond donors (Lipinski definition) is 2. The molecule has 1 aromatic carbocycles. The van der Waals surface area contributed by atoms with Crippen molar-refractivity contribution in [2.24, 2.45) is 10.8 Å². The normalized spacial score (nSPS) is 17.3. The van der Waals surface area contributed by atoms with Crippen LogP contribution in [0.2, 0.25) is 5.02 Å². The van der Waals surface area contributed by atoms with Crippen LogP contribution in [0.5, 0.6) is 5.75 Å². The molecule has 0 spiro atoms. The number of amidine groups is 1. The van der Waals surface area contributed by atoms with Crippen LogP contribution in [0.3, 0.4) is 0 Å².